The number of nitrogens with zero attached hydrogens (tertiary/aromatic N) is 2. The lowest BCUT2D eigenvalue weighted by molar-refractivity contribution is -0.137. The molecule has 0 bridgehead atoms. The molecule has 1 aliphatic rings. The molecular formula is C18H22F3N3O. The van der Waals surface area contributed by atoms with E-state index in [0.29, 0.717) is 17.3 Å². The molecule has 136 valence electrons. The molecule has 0 radical (unpaired) electrons. The minimum absolute atomic E-state index is 0.127. The van der Waals surface area contributed by atoms with E-state index in [-0.39, 0.29) is 11.7 Å². The van der Waals surface area contributed by atoms with Crippen LogP contribution in [-0.4, -0.2) is 33.6 Å². The van der Waals surface area contributed by atoms with Crippen molar-refractivity contribution in [2.45, 2.75) is 44.9 Å². The Kier molecular flexibility index (Phi) is 4.77. The van der Waals surface area contributed by atoms with Crippen LogP contribution < -0.4 is 5.69 Å². The largest absolute Gasteiger partial charge is 0.416 e. The Bertz CT molecular complexity index is 766. The first kappa shape index (κ1) is 17.8. The van der Waals surface area contributed by atoms with Gasteiger partial charge in [-0.05, 0) is 44.4 Å². The molecule has 7 heteroatoms. The number of likely N-dealkylation sites (tertiary alicyclic amines) is 1. The van der Waals surface area contributed by atoms with E-state index < -0.39 is 11.7 Å². The summed E-state index contributed by atoms with van der Waals surface area (Å²) in [6.07, 6.45) is -0.854. The molecule has 0 unspecified atom stereocenters. The third kappa shape index (κ3) is 3.81. The van der Waals surface area contributed by atoms with E-state index in [1.165, 1.54) is 12.1 Å². The van der Waals surface area contributed by atoms with Crippen LogP contribution in [0.5, 0.6) is 0 Å². The standard InChI is InChI=1S/C18H22F3N3O/c1-12(2)23-9-7-15(8-10-23)24-11-16(22-17(24)25)13-3-5-14(6-4-13)18(19,20)21/h3-6,11-12,15H,7-10H2,1-2H3,(H,22,25). The number of benzene rings is 1. The van der Waals surface area contributed by atoms with Gasteiger partial charge in [-0.2, -0.15) is 13.2 Å². The number of hydrogen-bond acceptors (Lipinski definition) is 2. The zero-order chi connectivity index (χ0) is 18.2. The minimum atomic E-state index is -4.36. The summed E-state index contributed by atoms with van der Waals surface area (Å²) in [6.45, 7) is 6.20. The maximum Gasteiger partial charge on any atom is 0.416 e. The number of aromatic amines is 1. The van der Waals surface area contributed by atoms with Crippen molar-refractivity contribution in [3.63, 3.8) is 0 Å². The SMILES string of the molecule is CC(C)N1CCC(n2cc(-c3ccc(C(F)(F)F)cc3)[nH]c2=O)CC1. The molecule has 0 aliphatic carbocycles. The van der Waals surface area contributed by atoms with Crippen LogP contribution in [0.15, 0.2) is 35.3 Å². The van der Waals surface area contributed by atoms with Crippen molar-refractivity contribution in [2.24, 2.45) is 0 Å². The fourth-order valence-corrected chi connectivity index (χ4v) is 3.35. The minimum Gasteiger partial charge on any atom is -0.306 e. The van der Waals surface area contributed by atoms with E-state index in [1.54, 1.807) is 10.8 Å². The van der Waals surface area contributed by atoms with Gasteiger partial charge in [-0.1, -0.05) is 12.1 Å². The molecule has 1 saturated heterocycles. The molecule has 25 heavy (non-hydrogen) atoms. The third-order valence-electron chi connectivity index (χ3n) is 4.89. The molecule has 1 fully saturated rings. The van der Waals surface area contributed by atoms with Crippen LogP contribution in [0, 0.1) is 0 Å². The molecule has 1 aliphatic heterocycles. The Morgan fingerprint density at radius 2 is 1.72 bits per heavy atom. The highest BCUT2D eigenvalue weighted by molar-refractivity contribution is 5.58. The summed E-state index contributed by atoms with van der Waals surface area (Å²) in [5, 5.41) is 0. The van der Waals surface area contributed by atoms with Crippen LogP contribution in [0.3, 0.4) is 0 Å². The number of halogens is 3. The zero-order valence-electron chi connectivity index (χ0n) is 14.3. The molecule has 1 aromatic carbocycles. The van der Waals surface area contributed by atoms with Gasteiger partial charge in [0.2, 0.25) is 0 Å². The second-order valence-electron chi connectivity index (χ2n) is 6.82. The maximum atomic E-state index is 12.7. The quantitative estimate of drug-likeness (QED) is 0.909. The number of H-pyrrole nitrogens is 1. The highest BCUT2D eigenvalue weighted by Crippen LogP contribution is 2.31. The number of imidazole rings is 1. The van der Waals surface area contributed by atoms with Crippen molar-refractivity contribution < 1.29 is 13.2 Å². The van der Waals surface area contributed by atoms with Gasteiger partial charge in [-0.25, -0.2) is 4.79 Å². The fraction of sp³-hybridized carbons (Fsp3) is 0.500. The van der Waals surface area contributed by atoms with Crippen molar-refractivity contribution in [3.05, 3.63) is 46.5 Å². The number of hydrogen-bond donors (Lipinski definition) is 1. The number of alkyl halides is 3. The molecule has 0 atom stereocenters. The van der Waals surface area contributed by atoms with Gasteiger partial charge in [0, 0.05) is 31.4 Å². The molecule has 2 heterocycles. The van der Waals surface area contributed by atoms with Crippen LogP contribution >= 0.6 is 0 Å². The lowest BCUT2D eigenvalue weighted by Gasteiger charge is -2.34. The summed E-state index contributed by atoms with van der Waals surface area (Å²) < 4.78 is 39.7. The average Bonchev–Trinajstić information content (AvgIpc) is 2.96. The van der Waals surface area contributed by atoms with Gasteiger partial charge >= 0.3 is 11.9 Å². The van der Waals surface area contributed by atoms with Crippen molar-refractivity contribution >= 4 is 0 Å². The number of rotatable bonds is 3. The van der Waals surface area contributed by atoms with Gasteiger partial charge in [-0.3, -0.25) is 4.57 Å². The summed E-state index contributed by atoms with van der Waals surface area (Å²) in [6, 6.07) is 5.46. The molecule has 2 aromatic rings. The van der Waals surface area contributed by atoms with Crippen molar-refractivity contribution in [2.75, 3.05) is 13.1 Å². The lowest BCUT2D eigenvalue weighted by Crippen LogP contribution is -2.40. The molecule has 0 amide bonds. The highest BCUT2D eigenvalue weighted by Gasteiger charge is 2.30. The van der Waals surface area contributed by atoms with Crippen molar-refractivity contribution in [3.8, 4) is 11.3 Å². The van der Waals surface area contributed by atoms with E-state index in [4.69, 9.17) is 0 Å². The fourth-order valence-electron chi connectivity index (χ4n) is 3.35. The lowest BCUT2D eigenvalue weighted by atomic mass is 10.0. The Labute approximate surface area is 144 Å². The van der Waals surface area contributed by atoms with E-state index >= 15 is 0 Å². The van der Waals surface area contributed by atoms with Crippen LogP contribution in [0.1, 0.15) is 38.3 Å². The smallest absolute Gasteiger partial charge is 0.306 e. The summed E-state index contributed by atoms with van der Waals surface area (Å²) >= 11 is 0. The van der Waals surface area contributed by atoms with Gasteiger partial charge in [0.15, 0.2) is 0 Å². The molecule has 0 spiro atoms. The van der Waals surface area contributed by atoms with Gasteiger partial charge in [-0.15, -0.1) is 0 Å². The first-order valence-electron chi connectivity index (χ1n) is 8.48. The number of piperidine rings is 1. The summed E-state index contributed by atoms with van der Waals surface area (Å²) in [4.78, 5) is 17.4. The van der Waals surface area contributed by atoms with Gasteiger partial charge in [0.25, 0.3) is 0 Å². The predicted molar refractivity (Wildman–Crippen MR) is 90.5 cm³/mol. The first-order valence-corrected chi connectivity index (χ1v) is 8.48. The molecule has 3 rings (SSSR count). The third-order valence-corrected chi connectivity index (χ3v) is 4.89. The van der Waals surface area contributed by atoms with E-state index in [0.717, 1.165) is 38.1 Å². The second-order valence-corrected chi connectivity index (χ2v) is 6.82. The van der Waals surface area contributed by atoms with E-state index in [1.807, 2.05) is 0 Å². The Morgan fingerprint density at radius 1 is 1.12 bits per heavy atom. The van der Waals surface area contributed by atoms with E-state index in [2.05, 4.69) is 23.7 Å². The van der Waals surface area contributed by atoms with Crippen LogP contribution in [0.25, 0.3) is 11.3 Å². The van der Waals surface area contributed by atoms with Gasteiger partial charge < -0.3 is 9.88 Å². The monoisotopic (exact) mass is 353 g/mol. The second kappa shape index (κ2) is 6.71. The van der Waals surface area contributed by atoms with E-state index in [9.17, 15) is 18.0 Å². The molecule has 4 nitrogen and oxygen atoms in total. The zero-order valence-corrected chi connectivity index (χ0v) is 14.3. The topological polar surface area (TPSA) is 41.0 Å². The molecule has 0 saturated carbocycles. The summed E-state index contributed by atoms with van der Waals surface area (Å²) in [5.74, 6) is 0. The predicted octanol–water partition coefficient (Wildman–Crippen LogP) is 3.91. The van der Waals surface area contributed by atoms with Crippen molar-refractivity contribution in [1.82, 2.24) is 14.5 Å². The van der Waals surface area contributed by atoms with Crippen LogP contribution in [-0.2, 0) is 6.18 Å². The number of aromatic nitrogens is 2. The number of nitrogens with one attached hydrogen (secondary N) is 1. The first-order chi connectivity index (χ1) is 11.8. The Hall–Kier alpha value is -2.02. The molecular weight excluding hydrogens is 331 g/mol. The van der Waals surface area contributed by atoms with Gasteiger partial charge in [0.1, 0.15) is 0 Å². The summed E-state index contributed by atoms with van der Waals surface area (Å²) in [7, 11) is 0. The van der Waals surface area contributed by atoms with Gasteiger partial charge in [0.05, 0.1) is 11.3 Å². The molecule has 1 N–H and O–H groups in total. The highest BCUT2D eigenvalue weighted by atomic mass is 19.4. The Morgan fingerprint density at radius 3 is 2.24 bits per heavy atom. The maximum absolute atomic E-state index is 12.7. The normalized spacial score (nSPS) is 17.4. The van der Waals surface area contributed by atoms with Crippen LogP contribution in [0.2, 0.25) is 0 Å². The molecule has 1 aromatic heterocycles. The summed E-state index contributed by atoms with van der Waals surface area (Å²) in [5.41, 5.74) is 0.213. The average molecular weight is 353 g/mol. The van der Waals surface area contributed by atoms with Crippen LogP contribution in [0.4, 0.5) is 13.2 Å². The van der Waals surface area contributed by atoms with Crippen molar-refractivity contribution in [1.29, 1.82) is 0 Å². The Balaban J connectivity index is 1.78.